The summed E-state index contributed by atoms with van der Waals surface area (Å²) < 4.78 is 0. The number of carboxylic acids is 2. The van der Waals surface area contributed by atoms with Crippen LogP contribution in [0.3, 0.4) is 0 Å². The van der Waals surface area contributed by atoms with Crippen molar-refractivity contribution < 1.29 is 19.8 Å². The molecule has 0 N–H and O–H groups in total. The van der Waals surface area contributed by atoms with Crippen molar-refractivity contribution in [3.8, 4) is 0 Å². The fourth-order valence-electron chi connectivity index (χ4n) is 0.490. The molecule has 21 heavy (non-hydrogen) atoms. The van der Waals surface area contributed by atoms with Gasteiger partial charge in [0.15, 0.2) is 0 Å². The maximum atomic E-state index is 9.64. The van der Waals surface area contributed by atoms with Crippen LogP contribution in [0.25, 0.3) is 0 Å². The molecule has 0 amide bonds. The van der Waals surface area contributed by atoms with Gasteiger partial charge in [0, 0.05) is 0 Å². The summed E-state index contributed by atoms with van der Waals surface area (Å²) in [6.45, 7) is 8.01. The Labute approximate surface area is 136 Å². The molecule has 0 rings (SSSR count). The van der Waals surface area contributed by atoms with Crippen LogP contribution in [0, 0.1) is 5.92 Å². The minimum absolute atomic E-state index is 0.847. The van der Waals surface area contributed by atoms with E-state index in [1.807, 2.05) is 0 Å². The number of allylic oxidation sites excluding steroid dienone is 6. The minimum atomic E-state index is -1.16. The van der Waals surface area contributed by atoms with E-state index in [1.54, 1.807) is 38.2 Å². The average molecular weight is 306 g/mol. The molecule has 4 nitrogen and oxygen atoms in total. The molecule has 0 aliphatic heterocycles. The van der Waals surface area contributed by atoms with E-state index in [0.717, 1.165) is 18.1 Å². The van der Waals surface area contributed by atoms with E-state index in [1.165, 1.54) is 17.4 Å². The van der Waals surface area contributed by atoms with Crippen molar-refractivity contribution in [2.45, 2.75) is 33.0 Å². The van der Waals surface area contributed by atoms with Crippen molar-refractivity contribution >= 4 is 28.2 Å². The molecule has 0 aromatic rings. The Kier molecular flexibility index (Phi) is 24.2. The Morgan fingerprint density at radius 1 is 0.905 bits per heavy atom. The molecule has 0 spiro atoms. The molecular formula is C16H23AlO4. The SMILES string of the molecule is CC(C)[CH2][Al+2].CC=CC=CC(=O)[O-].CC=CC=CC(=O)[O-]. The number of hydrogen-bond acceptors (Lipinski definition) is 4. The van der Waals surface area contributed by atoms with E-state index >= 15 is 0 Å². The van der Waals surface area contributed by atoms with Gasteiger partial charge in [0.2, 0.25) is 0 Å². The monoisotopic (exact) mass is 306 g/mol. The summed E-state index contributed by atoms with van der Waals surface area (Å²) in [6, 6.07) is 0. The van der Waals surface area contributed by atoms with Crippen LogP contribution in [0.5, 0.6) is 0 Å². The summed E-state index contributed by atoms with van der Waals surface area (Å²) in [6.07, 6.45) is 11.5. The van der Waals surface area contributed by atoms with Gasteiger partial charge in [-0.2, -0.15) is 0 Å². The van der Waals surface area contributed by atoms with Gasteiger partial charge in [0.25, 0.3) is 0 Å². The predicted molar refractivity (Wildman–Crippen MR) is 83.3 cm³/mol. The summed E-state index contributed by atoms with van der Waals surface area (Å²) >= 11 is 2.69. The molecule has 114 valence electrons. The fourth-order valence-corrected chi connectivity index (χ4v) is 0.490. The van der Waals surface area contributed by atoms with Crippen LogP contribution in [0.4, 0.5) is 0 Å². The molecular weight excluding hydrogens is 283 g/mol. The van der Waals surface area contributed by atoms with Gasteiger partial charge in [-0.3, -0.25) is 0 Å². The van der Waals surface area contributed by atoms with E-state index in [0.29, 0.717) is 0 Å². The largest absolute Gasteiger partial charge is 0.545 e. The van der Waals surface area contributed by atoms with Gasteiger partial charge in [-0.15, -0.1) is 0 Å². The van der Waals surface area contributed by atoms with Gasteiger partial charge >= 0.3 is 41.3 Å². The fraction of sp³-hybridized carbons (Fsp3) is 0.375. The van der Waals surface area contributed by atoms with E-state index < -0.39 is 11.9 Å². The molecule has 0 heterocycles. The molecule has 0 bridgehead atoms. The number of carboxylic acid groups (broad SMARTS) is 2. The standard InChI is InChI=1S/2C6H8O2.C4H9.Al/c2*1-2-3-4-5-6(7)8;1-4(2)3;/h2*2-5H,1H3,(H,7,8);4H,1H2,2-3H3;/q;;;+2/p-2. The van der Waals surface area contributed by atoms with Gasteiger partial charge in [-0.25, -0.2) is 0 Å². The Balaban J connectivity index is -0.000000239. The molecule has 0 radical (unpaired) electrons. The van der Waals surface area contributed by atoms with Gasteiger partial charge in [0.1, 0.15) is 0 Å². The van der Waals surface area contributed by atoms with Crippen molar-refractivity contribution in [3.05, 3.63) is 48.6 Å². The average Bonchev–Trinajstić information content (AvgIpc) is 2.40. The van der Waals surface area contributed by atoms with E-state index in [4.69, 9.17) is 0 Å². The Morgan fingerprint density at radius 3 is 1.33 bits per heavy atom. The number of carbonyl (C=O) groups is 2. The molecule has 0 aliphatic carbocycles. The van der Waals surface area contributed by atoms with Crippen LogP contribution in [-0.2, 0) is 9.59 Å². The summed E-state index contributed by atoms with van der Waals surface area (Å²) in [5.74, 6) is -1.48. The normalized spacial score (nSPS) is 10.8. The Bertz CT molecular complexity index is 334. The molecule has 5 heteroatoms. The van der Waals surface area contributed by atoms with E-state index in [9.17, 15) is 19.8 Å². The van der Waals surface area contributed by atoms with Crippen molar-refractivity contribution in [2.75, 3.05) is 0 Å². The van der Waals surface area contributed by atoms with Crippen molar-refractivity contribution in [2.24, 2.45) is 5.92 Å². The first kappa shape index (κ1) is 24.5. The second-order valence-corrected chi connectivity index (χ2v) is 4.51. The molecule has 0 saturated carbocycles. The summed E-state index contributed by atoms with van der Waals surface area (Å²) in [7, 11) is 0. The second kappa shape index (κ2) is 20.7. The Morgan fingerprint density at radius 2 is 1.19 bits per heavy atom. The number of aliphatic carboxylic acids is 2. The van der Waals surface area contributed by atoms with Crippen LogP contribution in [0.1, 0.15) is 27.7 Å². The Hall–Kier alpha value is -1.57. The quantitative estimate of drug-likeness (QED) is 0.430. The predicted octanol–water partition coefficient (Wildman–Crippen LogP) is 0.966. The third kappa shape index (κ3) is 45.7. The molecule has 0 aromatic carbocycles. The first-order valence-electron chi connectivity index (χ1n) is 6.52. The smallest absolute Gasteiger partial charge is 0.0642 e. The third-order valence-corrected chi connectivity index (χ3v) is 2.49. The first-order chi connectivity index (χ1) is 9.81. The second-order valence-electron chi connectivity index (χ2n) is 4.04. The van der Waals surface area contributed by atoms with Gasteiger partial charge in [-0.05, 0) is 26.0 Å². The number of carbonyl (C=O) groups excluding carboxylic acids is 2. The van der Waals surface area contributed by atoms with Crippen LogP contribution >= 0.6 is 0 Å². The number of hydrogen-bond donors (Lipinski definition) is 0. The number of rotatable bonds is 5. The first-order valence-corrected chi connectivity index (χ1v) is 7.34. The summed E-state index contributed by atoms with van der Waals surface area (Å²) in [5.41, 5.74) is 0. The van der Waals surface area contributed by atoms with Crippen LogP contribution in [0.15, 0.2) is 48.6 Å². The third-order valence-electron chi connectivity index (χ3n) is 1.54. The van der Waals surface area contributed by atoms with E-state index in [2.05, 4.69) is 30.1 Å². The maximum Gasteiger partial charge on any atom is 0.0642 e. The molecule has 0 saturated heterocycles. The van der Waals surface area contributed by atoms with E-state index in [-0.39, 0.29) is 0 Å². The zero-order valence-corrected chi connectivity index (χ0v) is 14.3. The zero-order chi connectivity index (χ0) is 17.1. The summed E-state index contributed by atoms with van der Waals surface area (Å²) in [5, 5.41) is 20.5. The van der Waals surface area contributed by atoms with Gasteiger partial charge in [0.05, 0.1) is 11.9 Å². The van der Waals surface area contributed by atoms with Crippen molar-refractivity contribution in [1.82, 2.24) is 0 Å². The van der Waals surface area contributed by atoms with Crippen molar-refractivity contribution in [3.63, 3.8) is 0 Å². The van der Waals surface area contributed by atoms with Gasteiger partial charge < -0.3 is 19.8 Å². The summed E-state index contributed by atoms with van der Waals surface area (Å²) in [4.78, 5) is 19.3. The molecule has 0 aromatic heterocycles. The van der Waals surface area contributed by atoms with Crippen molar-refractivity contribution in [1.29, 1.82) is 0 Å². The minimum Gasteiger partial charge on any atom is -0.545 e. The van der Waals surface area contributed by atoms with Crippen LogP contribution in [-0.4, -0.2) is 28.2 Å². The van der Waals surface area contributed by atoms with Crippen LogP contribution in [0.2, 0.25) is 5.28 Å². The zero-order valence-electron chi connectivity index (χ0n) is 13.1. The maximum absolute atomic E-state index is 9.64. The van der Waals surface area contributed by atoms with Crippen LogP contribution < -0.4 is 10.2 Å². The topological polar surface area (TPSA) is 80.3 Å². The molecule has 0 atom stereocenters. The molecule has 0 unspecified atom stereocenters. The van der Waals surface area contributed by atoms with Gasteiger partial charge in [-0.1, -0.05) is 36.5 Å². The molecule has 0 aliphatic rings. The molecule has 0 fully saturated rings.